The van der Waals surface area contributed by atoms with E-state index in [0.717, 1.165) is 22.6 Å². The van der Waals surface area contributed by atoms with E-state index in [1.165, 1.54) is 12.1 Å². The smallest absolute Gasteiger partial charge is 0.147 e. The van der Waals surface area contributed by atoms with Crippen molar-refractivity contribution in [2.24, 2.45) is 7.05 Å². The number of aryl methyl sites for hydroxylation is 1. The summed E-state index contributed by atoms with van der Waals surface area (Å²) in [6.07, 6.45) is 0. The lowest BCUT2D eigenvalue weighted by Crippen LogP contribution is -2.03. The second-order valence-corrected chi connectivity index (χ2v) is 5.90. The Morgan fingerprint density at radius 3 is 2.38 bits per heavy atom. The van der Waals surface area contributed by atoms with Gasteiger partial charge in [0.1, 0.15) is 35.5 Å². The van der Waals surface area contributed by atoms with E-state index in [1.54, 1.807) is 12.1 Å². The quantitative estimate of drug-likeness (QED) is 0.504. The van der Waals surface area contributed by atoms with Gasteiger partial charge in [-0.05, 0) is 48.5 Å². The van der Waals surface area contributed by atoms with Gasteiger partial charge >= 0.3 is 0 Å². The van der Waals surface area contributed by atoms with Gasteiger partial charge in [-0.1, -0.05) is 18.2 Å². The van der Waals surface area contributed by atoms with Crippen molar-refractivity contribution < 1.29 is 13.9 Å². The number of rotatable bonds is 5. The molecule has 0 fully saturated rings. The summed E-state index contributed by atoms with van der Waals surface area (Å²) in [5, 5.41) is 0. The Morgan fingerprint density at radius 1 is 0.885 bits per heavy atom. The van der Waals surface area contributed by atoms with Gasteiger partial charge in [0.05, 0.1) is 11.0 Å². The number of fused-ring (bicyclic) bond motifs is 1. The molecule has 1 aromatic heterocycles. The molecular formula is C21H17FN2O2. The molecule has 0 aliphatic rings. The van der Waals surface area contributed by atoms with E-state index in [-0.39, 0.29) is 5.82 Å². The van der Waals surface area contributed by atoms with Crippen molar-refractivity contribution in [3.8, 4) is 17.2 Å². The van der Waals surface area contributed by atoms with Crippen LogP contribution in [0.15, 0.2) is 72.8 Å². The lowest BCUT2D eigenvalue weighted by Gasteiger charge is -2.07. The number of halogens is 1. The standard InChI is InChI=1S/C21H17FN2O2/c1-24-20-13-18(26-17-9-7-15(22)8-10-17)11-12-19(20)23-21(24)14-25-16-5-3-2-4-6-16/h2-13H,14H2,1H3. The summed E-state index contributed by atoms with van der Waals surface area (Å²) in [5.74, 6) is 2.59. The molecular weight excluding hydrogens is 331 g/mol. The average Bonchev–Trinajstić information content (AvgIpc) is 2.98. The lowest BCUT2D eigenvalue weighted by atomic mass is 10.3. The molecule has 0 N–H and O–H groups in total. The second-order valence-electron chi connectivity index (χ2n) is 5.90. The number of imidazole rings is 1. The normalized spacial score (nSPS) is 10.8. The highest BCUT2D eigenvalue weighted by atomic mass is 19.1. The maximum absolute atomic E-state index is 13.0. The van der Waals surface area contributed by atoms with Crippen LogP contribution < -0.4 is 9.47 Å². The monoisotopic (exact) mass is 348 g/mol. The van der Waals surface area contributed by atoms with Crippen LogP contribution in [0.25, 0.3) is 11.0 Å². The first kappa shape index (κ1) is 16.1. The van der Waals surface area contributed by atoms with E-state index in [0.29, 0.717) is 18.1 Å². The van der Waals surface area contributed by atoms with Crippen molar-refractivity contribution in [1.29, 1.82) is 0 Å². The second kappa shape index (κ2) is 6.88. The molecule has 4 rings (SSSR count). The molecule has 1 heterocycles. The molecule has 4 nitrogen and oxygen atoms in total. The molecule has 0 aliphatic carbocycles. The highest BCUT2D eigenvalue weighted by Crippen LogP contribution is 2.26. The first-order valence-electron chi connectivity index (χ1n) is 8.26. The van der Waals surface area contributed by atoms with Gasteiger partial charge in [0.15, 0.2) is 0 Å². The van der Waals surface area contributed by atoms with Gasteiger partial charge in [-0.25, -0.2) is 9.37 Å². The molecule has 3 aromatic carbocycles. The molecule has 5 heteroatoms. The molecule has 0 bridgehead atoms. The molecule has 0 saturated carbocycles. The molecule has 0 atom stereocenters. The van der Waals surface area contributed by atoms with Crippen LogP contribution in [0.5, 0.6) is 17.2 Å². The summed E-state index contributed by atoms with van der Waals surface area (Å²) < 4.78 is 26.6. The van der Waals surface area contributed by atoms with Crippen LogP contribution in [0, 0.1) is 5.82 Å². The molecule has 4 aromatic rings. The van der Waals surface area contributed by atoms with Crippen LogP contribution in [0.1, 0.15) is 5.82 Å². The number of aromatic nitrogens is 2. The SMILES string of the molecule is Cn1c(COc2ccccc2)nc2ccc(Oc3ccc(F)cc3)cc21. The van der Waals surface area contributed by atoms with E-state index >= 15 is 0 Å². The molecule has 0 aliphatic heterocycles. The van der Waals surface area contributed by atoms with Crippen LogP contribution in [-0.4, -0.2) is 9.55 Å². The summed E-state index contributed by atoms with van der Waals surface area (Å²) in [5.41, 5.74) is 1.81. The Morgan fingerprint density at radius 2 is 1.62 bits per heavy atom. The Kier molecular flexibility index (Phi) is 4.27. The van der Waals surface area contributed by atoms with E-state index in [1.807, 2.05) is 60.1 Å². The lowest BCUT2D eigenvalue weighted by molar-refractivity contribution is 0.292. The molecule has 0 radical (unpaired) electrons. The van der Waals surface area contributed by atoms with Crippen molar-refractivity contribution in [1.82, 2.24) is 9.55 Å². The summed E-state index contributed by atoms with van der Waals surface area (Å²) >= 11 is 0. The van der Waals surface area contributed by atoms with E-state index in [9.17, 15) is 4.39 Å². The van der Waals surface area contributed by atoms with Gasteiger partial charge in [0.2, 0.25) is 0 Å². The minimum absolute atomic E-state index is 0.289. The van der Waals surface area contributed by atoms with E-state index in [2.05, 4.69) is 4.98 Å². The van der Waals surface area contributed by atoms with Gasteiger partial charge in [0.25, 0.3) is 0 Å². The number of hydrogen-bond acceptors (Lipinski definition) is 3. The van der Waals surface area contributed by atoms with Gasteiger partial charge in [-0.15, -0.1) is 0 Å². The van der Waals surface area contributed by atoms with E-state index < -0.39 is 0 Å². The Hall–Kier alpha value is -3.34. The summed E-state index contributed by atoms with van der Waals surface area (Å²) in [7, 11) is 1.95. The molecule has 0 unspecified atom stereocenters. The third-order valence-electron chi connectivity index (χ3n) is 4.11. The minimum atomic E-state index is -0.289. The van der Waals surface area contributed by atoms with Crippen LogP contribution in [0.2, 0.25) is 0 Å². The van der Waals surface area contributed by atoms with Crippen molar-refractivity contribution in [2.45, 2.75) is 6.61 Å². The summed E-state index contributed by atoms with van der Waals surface area (Å²) in [6, 6.07) is 21.3. The predicted molar refractivity (Wildman–Crippen MR) is 98.0 cm³/mol. The predicted octanol–water partition coefficient (Wildman–Crippen LogP) is 5.08. The van der Waals surface area contributed by atoms with Crippen molar-refractivity contribution in [2.75, 3.05) is 0 Å². The van der Waals surface area contributed by atoms with Crippen LogP contribution in [-0.2, 0) is 13.7 Å². The molecule has 0 saturated heterocycles. The Bertz CT molecular complexity index is 1030. The molecule has 0 spiro atoms. The third-order valence-corrected chi connectivity index (χ3v) is 4.11. The maximum Gasteiger partial charge on any atom is 0.147 e. The fourth-order valence-electron chi connectivity index (χ4n) is 2.72. The van der Waals surface area contributed by atoms with Gasteiger partial charge in [0, 0.05) is 13.1 Å². The zero-order valence-electron chi connectivity index (χ0n) is 14.2. The number of para-hydroxylation sites is 1. The molecule has 26 heavy (non-hydrogen) atoms. The largest absolute Gasteiger partial charge is 0.486 e. The zero-order chi connectivity index (χ0) is 17.9. The van der Waals surface area contributed by atoms with Gasteiger partial charge in [-0.2, -0.15) is 0 Å². The number of ether oxygens (including phenoxy) is 2. The first-order valence-corrected chi connectivity index (χ1v) is 8.26. The summed E-state index contributed by atoms with van der Waals surface area (Å²) in [4.78, 5) is 4.62. The highest BCUT2D eigenvalue weighted by Gasteiger charge is 2.10. The fraction of sp³-hybridized carbons (Fsp3) is 0.0952. The summed E-state index contributed by atoms with van der Waals surface area (Å²) in [6.45, 7) is 0.378. The molecule has 130 valence electrons. The van der Waals surface area contributed by atoms with Gasteiger partial charge in [-0.3, -0.25) is 0 Å². The Labute approximate surface area is 150 Å². The van der Waals surface area contributed by atoms with Crippen molar-refractivity contribution >= 4 is 11.0 Å². The van der Waals surface area contributed by atoms with Crippen LogP contribution in [0.4, 0.5) is 4.39 Å². The average molecular weight is 348 g/mol. The number of benzene rings is 3. The fourth-order valence-corrected chi connectivity index (χ4v) is 2.72. The van der Waals surface area contributed by atoms with Gasteiger partial charge < -0.3 is 14.0 Å². The van der Waals surface area contributed by atoms with Crippen LogP contribution >= 0.6 is 0 Å². The van der Waals surface area contributed by atoms with Crippen molar-refractivity contribution in [3.63, 3.8) is 0 Å². The number of hydrogen-bond donors (Lipinski definition) is 0. The topological polar surface area (TPSA) is 36.3 Å². The molecule has 0 amide bonds. The first-order chi connectivity index (χ1) is 12.7. The Balaban J connectivity index is 1.56. The highest BCUT2D eigenvalue weighted by molar-refractivity contribution is 5.77. The maximum atomic E-state index is 13.0. The third kappa shape index (κ3) is 3.37. The zero-order valence-corrected chi connectivity index (χ0v) is 14.2. The van der Waals surface area contributed by atoms with E-state index in [4.69, 9.17) is 9.47 Å². The minimum Gasteiger partial charge on any atom is -0.486 e. The van der Waals surface area contributed by atoms with Crippen molar-refractivity contribution in [3.05, 3.63) is 84.4 Å². The van der Waals surface area contributed by atoms with Crippen LogP contribution in [0.3, 0.4) is 0 Å². The number of nitrogens with zero attached hydrogens (tertiary/aromatic N) is 2.